The molecule has 1 aromatic carbocycles. The minimum absolute atomic E-state index is 0.0137. The third-order valence-corrected chi connectivity index (χ3v) is 7.68. The Morgan fingerprint density at radius 1 is 1.21 bits per heavy atom. The summed E-state index contributed by atoms with van der Waals surface area (Å²) in [5.41, 5.74) is 0.608. The van der Waals surface area contributed by atoms with E-state index < -0.39 is 16.1 Å². The van der Waals surface area contributed by atoms with E-state index in [1.165, 1.54) is 21.3 Å². The number of imide groups is 1. The Labute approximate surface area is 154 Å². The number of aryl methyl sites for hydroxylation is 1. The molecular formula is C14H14Cl2N2O4S2. The van der Waals surface area contributed by atoms with Crippen LogP contribution in [0.15, 0.2) is 17.0 Å². The van der Waals surface area contributed by atoms with Gasteiger partial charge in [-0.25, -0.2) is 8.42 Å². The van der Waals surface area contributed by atoms with Crippen LogP contribution in [0.5, 0.6) is 0 Å². The first kappa shape index (κ1) is 18.0. The molecule has 1 atom stereocenters. The van der Waals surface area contributed by atoms with Crippen LogP contribution >= 0.6 is 35.0 Å². The van der Waals surface area contributed by atoms with Gasteiger partial charge in [-0.1, -0.05) is 35.0 Å². The van der Waals surface area contributed by atoms with Gasteiger partial charge in [-0.3, -0.25) is 14.5 Å². The number of hydrogen-bond donors (Lipinski definition) is 0. The van der Waals surface area contributed by atoms with Gasteiger partial charge in [0.1, 0.15) is 4.90 Å². The minimum atomic E-state index is -3.82. The number of carbonyl (C=O) groups excluding carboxylic acids is 2. The van der Waals surface area contributed by atoms with Crippen molar-refractivity contribution in [2.45, 2.75) is 24.3 Å². The number of halogens is 2. The van der Waals surface area contributed by atoms with E-state index in [1.54, 1.807) is 6.92 Å². The third-order valence-electron chi connectivity index (χ3n) is 4.11. The van der Waals surface area contributed by atoms with Gasteiger partial charge in [0, 0.05) is 18.1 Å². The summed E-state index contributed by atoms with van der Waals surface area (Å²) in [6, 6.07) is 2.42. The number of hydrogen-bond acceptors (Lipinski definition) is 5. The molecule has 6 nitrogen and oxygen atoms in total. The highest BCUT2D eigenvalue weighted by Gasteiger charge is 2.42. The van der Waals surface area contributed by atoms with Gasteiger partial charge in [-0.2, -0.15) is 4.31 Å². The summed E-state index contributed by atoms with van der Waals surface area (Å²) in [5.74, 6) is -0.154. The molecule has 10 heteroatoms. The average molecular weight is 409 g/mol. The van der Waals surface area contributed by atoms with Crippen molar-refractivity contribution in [1.29, 1.82) is 0 Å². The van der Waals surface area contributed by atoms with Gasteiger partial charge >= 0.3 is 0 Å². The van der Waals surface area contributed by atoms with Crippen molar-refractivity contribution < 1.29 is 18.0 Å². The molecule has 2 fully saturated rings. The average Bonchev–Trinajstić information content (AvgIpc) is 3.10. The standard InChI is InChI=1S/C14H14Cl2N2O4S2/c1-8-4-12(11(16)5-10(8)15)24(21,22)17-3-2-9(6-17)18-13(19)7-23-14(18)20/h4-5,9H,2-3,6-7H2,1H3. The van der Waals surface area contributed by atoms with Crippen LogP contribution in [0.2, 0.25) is 10.0 Å². The molecule has 2 saturated heterocycles. The second kappa shape index (κ2) is 6.49. The normalized spacial score (nSPS) is 22.6. The second-order valence-corrected chi connectivity index (χ2v) is 9.30. The number of rotatable bonds is 3. The minimum Gasteiger partial charge on any atom is -0.273 e. The molecule has 0 N–H and O–H groups in total. The number of nitrogens with zero attached hydrogens (tertiary/aromatic N) is 2. The number of thioether (sulfide) groups is 1. The summed E-state index contributed by atoms with van der Waals surface area (Å²) in [7, 11) is -3.82. The third kappa shape index (κ3) is 3.06. The zero-order valence-corrected chi connectivity index (χ0v) is 15.8. The van der Waals surface area contributed by atoms with E-state index in [9.17, 15) is 18.0 Å². The molecule has 0 aliphatic carbocycles. The Kier molecular flexibility index (Phi) is 4.87. The lowest BCUT2D eigenvalue weighted by Crippen LogP contribution is -2.41. The first-order valence-electron chi connectivity index (χ1n) is 7.16. The molecule has 1 unspecified atom stereocenters. The summed E-state index contributed by atoms with van der Waals surface area (Å²) in [5, 5.41) is 0.131. The molecule has 0 spiro atoms. The summed E-state index contributed by atoms with van der Waals surface area (Å²) in [6.45, 7) is 2.01. The van der Waals surface area contributed by atoms with Gasteiger partial charge in [0.2, 0.25) is 15.9 Å². The summed E-state index contributed by atoms with van der Waals surface area (Å²) < 4.78 is 27.0. The largest absolute Gasteiger partial charge is 0.289 e. The van der Waals surface area contributed by atoms with E-state index in [-0.39, 0.29) is 39.9 Å². The maximum atomic E-state index is 12.8. The Bertz CT molecular complexity index is 812. The predicted octanol–water partition coefficient (Wildman–Crippen LogP) is 2.76. The SMILES string of the molecule is Cc1cc(S(=O)(=O)N2CCC(N3C(=O)CSC3=O)C2)c(Cl)cc1Cl. The highest BCUT2D eigenvalue weighted by molar-refractivity contribution is 8.14. The van der Waals surface area contributed by atoms with Crippen LogP contribution in [-0.4, -0.2) is 53.7 Å². The van der Waals surface area contributed by atoms with Crippen LogP contribution < -0.4 is 0 Å². The first-order chi connectivity index (χ1) is 11.2. The molecule has 0 radical (unpaired) electrons. The lowest BCUT2D eigenvalue weighted by atomic mass is 10.2. The van der Waals surface area contributed by atoms with Crippen LogP contribution in [0.1, 0.15) is 12.0 Å². The summed E-state index contributed by atoms with van der Waals surface area (Å²) in [4.78, 5) is 24.8. The van der Waals surface area contributed by atoms with Crippen LogP contribution in [0.25, 0.3) is 0 Å². The van der Waals surface area contributed by atoms with Crippen molar-refractivity contribution in [3.63, 3.8) is 0 Å². The van der Waals surface area contributed by atoms with Crippen molar-refractivity contribution in [1.82, 2.24) is 9.21 Å². The molecule has 130 valence electrons. The highest BCUT2D eigenvalue weighted by atomic mass is 35.5. The van der Waals surface area contributed by atoms with E-state index in [0.717, 1.165) is 11.8 Å². The van der Waals surface area contributed by atoms with E-state index in [0.29, 0.717) is 17.0 Å². The molecule has 24 heavy (non-hydrogen) atoms. The molecule has 3 rings (SSSR count). The number of amides is 2. The fourth-order valence-corrected chi connectivity index (χ4v) is 5.90. The van der Waals surface area contributed by atoms with Crippen LogP contribution in [0, 0.1) is 6.92 Å². The van der Waals surface area contributed by atoms with E-state index in [4.69, 9.17) is 23.2 Å². The Morgan fingerprint density at radius 3 is 2.54 bits per heavy atom. The number of benzene rings is 1. The van der Waals surface area contributed by atoms with E-state index in [2.05, 4.69) is 0 Å². The van der Waals surface area contributed by atoms with Gasteiger partial charge in [-0.05, 0) is 31.0 Å². The molecule has 2 aliphatic heterocycles. The molecule has 2 heterocycles. The van der Waals surface area contributed by atoms with Crippen molar-refractivity contribution in [2.24, 2.45) is 0 Å². The van der Waals surface area contributed by atoms with Crippen LogP contribution in [-0.2, 0) is 14.8 Å². The van der Waals surface area contributed by atoms with Gasteiger partial charge < -0.3 is 0 Å². The molecule has 2 amide bonds. The summed E-state index contributed by atoms with van der Waals surface area (Å²) >= 11 is 13.0. The number of carbonyl (C=O) groups is 2. The van der Waals surface area contributed by atoms with Gasteiger partial charge in [0.25, 0.3) is 5.24 Å². The predicted molar refractivity (Wildman–Crippen MR) is 93.1 cm³/mol. The topological polar surface area (TPSA) is 74.8 Å². The second-order valence-electron chi connectivity index (χ2n) is 5.66. The number of sulfonamides is 1. The molecule has 0 bridgehead atoms. The van der Waals surface area contributed by atoms with Crippen molar-refractivity contribution in [2.75, 3.05) is 18.8 Å². The molecule has 2 aliphatic rings. The molecule has 0 aromatic heterocycles. The Hall–Kier alpha value is -0.800. The van der Waals surface area contributed by atoms with Gasteiger partial charge in [-0.15, -0.1) is 0 Å². The van der Waals surface area contributed by atoms with E-state index in [1.807, 2.05) is 0 Å². The lowest BCUT2D eigenvalue weighted by Gasteiger charge is -2.22. The molecular weight excluding hydrogens is 395 g/mol. The fraction of sp³-hybridized carbons (Fsp3) is 0.429. The van der Waals surface area contributed by atoms with Crippen LogP contribution in [0.3, 0.4) is 0 Å². The van der Waals surface area contributed by atoms with Crippen molar-refractivity contribution in [3.8, 4) is 0 Å². The lowest BCUT2D eigenvalue weighted by molar-refractivity contribution is -0.126. The first-order valence-corrected chi connectivity index (χ1v) is 10.3. The maximum absolute atomic E-state index is 12.8. The fourth-order valence-electron chi connectivity index (χ4n) is 2.82. The monoisotopic (exact) mass is 408 g/mol. The van der Waals surface area contributed by atoms with Gasteiger partial charge in [0.15, 0.2) is 0 Å². The summed E-state index contributed by atoms with van der Waals surface area (Å²) in [6.07, 6.45) is 0.418. The Balaban J connectivity index is 1.86. The van der Waals surface area contributed by atoms with Crippen molar-refractivity contribution >= 4 is 56.1 Å². The maximum Gasteiger partial charge on any atom is 0.289 e. The molecule has 0 saturated carbocycles. The van der Waals surface area contributed by atoms with Gasteiger partial charge in [0.05, 0.1) is 16.8 Å². The molecule has 1 aromatic rings. The zero-order valence-electron chi connectivity index (χ0n) is 12.7. The van der Waals surface area contributed by atoms with Crippen molar-refractivity contribution in [3.05, 3.63) is 27.7 Å². The quantitative estimate of drug-likeness (QED) is 0.768. The Morgan fingerprint density at radius 2 is 1.92 bits per heavy atom. The van der Waals surface area contributed by atoms with Crippen LogP contribution in [0.4, 0.5) is 4.79 Å². The smallest absolute Gasteiger partial charge is 0.273 e. The van der Waals surface area contributed by atoms with E-state index >= 15 is 0 Å². The zero-order chi connectivity index (χ0) is 17.6. The highest BCUT2D eigenvalue weighted by Crippen LogP contribution is 2.33.